The molecule has 25 heavy (non-hydrogen) atoms. The number of amides is 1. The molecule has 1 aromatic heterocycles. The molecular weight excluding hydrogens is 336 g/mol. The van der Waals surface area contributed by atoms with Crippen LogP contribution in [0.3, 0.4) is 0 Å². The molecule has 0 fully saturated rings. The number of nitrogens with one attached hydrogen (secondary N) is 1. The van der Waals surface area contributed by atoms with Crippen molar-refractivity contribution in [3.63, 3.8) is 0 Å². The molecule has 0 spiro atoms. The smallest absolute Gasteiger partial charge is 0.326 e. The summed E-state index contributed by atoms with van der Waals surface area (Å²) in [6.45, 7) is 1.58. The number of alkyl halides is 2. The Bertz CT molecular complexity index is 723. The molecule has 0 aliphatic carbocycles. The lowest BCUT2D eigenvalue weighted by molar-refractivity contribution is -0.143. The Hall–Kier alpha value is -2.91. The summed E-state index contributed by atoms with van der Waals surface area (Å²) in [7, 11) is 0. The van der Waals surface area contributed by atoms with Crippen molar-refractivity contribution in [3.8, 4) is 0 Å². The van der Waals surface area contributed by atoms with Crippen molar-refractivity contribution < 1.29 is 23.5 Å². The minimum atomic E-state index is -2.86. The van der Waals surface area contributed by atoms with Gasteiger partial charge in [-0.2, -0.15) is 0 Å². The van der Waals surface area contributed by atoms with E-state index in [0.29, 0.717) is 5.82 Å². The predicted octanol–water partition coefficient (Wildman–Crippen LogP) is 0.990. The van der Waals surface area contributed by atoms with E-state index >= 15 is 0 Å². The molecule has 2 N–H and O–H groups in total. The van der Waals surface area contributed by atoms with Gasteiger partial charge in [-0.05, 0) is 22.9 Å². The quantitative estimate of drug-likeness (QED) is 0.732. The number of hydrogen-bond acceptors (Lipinski definition) is 5. The lowest BCUT2D eigenvalue weighted by atomic mass is 10.0. The fourth-order valence-electron chi connectivity index (χ4n) is 2.32. The summed E-state index contributed by atoms with van der Waals surface area (Å²) < 4.78 is 26.3. The van der Waals surface area contributed by atoms with E-state index in [1.54, 1.807) is 31.2 Å². The molecule has 10 heteroatoms. The van der Waals surface area contributed by atoms with E-state index in [1.165, 1.54) is 4.68 Å². The van der Waals surface area contributed by atoms with Crippen molar-refractivity contribution in [1.82, 2.24) is 25.5 Å². The number of hydrogen-bond donors (Lipinski definition) is 2. The first-order valence-electron chi connectivity index (χ1n) is 7.48. The zero-order valence-corrected chi connectivity index (χ0v) is 13.3. The van der Waals surface area contributed by atoms with E-state index in [-0.39, 0.29) is 6.42 Å². The minimum absolute atomic E-state index is 0.180. The molecule has 2 unspecified atom stereocenters. The number of aryl methyl sites for hydroxylation is 1. The molecule has 2 atom stereocenters. The molecule has 134 valence electrons. The van der Waals surface area contributed by atoms with Crippen molar-refractivity contribution in [3.05, 3.63) is 41.7 Å². The van der Waals surface area contributed by atoms with E-state index in [9.17, 15) is 18.4 Å². The summed E-state index contributed by atoms with van der Waals surface area (Å²) >= 11 is 0. The fourth-order valence-corrected chi connectivity index (χ4v) is 2.32. The summed E-state index contributed by atoms with van der Waals surface area (Å²) in [5.74, 6) is -1.93. The van der Waals surface area contributed by atoms with Crippen LogP contribution in [0.2, 0.25) is 0 Å². The van der Waals surface area contributed by atoms with Crippen molar-refractivity contribution in [2.24, 2.45) is 0 Å². The van der Waals surface area contributed by atoms with Crippen LogP contribution < -0.4 is 5.32 Å². The van der Waals surface area contributed by atoms with Crippen LogP contribution in [-0.4, -0.2) is 49.7 Å². The summed E-state index contributed by atoms with van der Waals surface area (Å²) in [5, 5.41) is 22.1. The highest BCUT2D eigenvalue weighted by atomic mass is 19.3. The summed E-state index contributed by atoms with van der Waals surface area (Å²) in [5.41, 5.74) is 0.790. The van der Waals surface area contributed by atoms with E-state index < -0.39 is 36.8 Å². The second-order valence-electron chi connectivity index (χ2n) is 5.40. The van der Waals surface area contributed by atoms with Crippen molar-refractivity contribution in [1.29, 1.82) is 0 Å². The number of nitrogens with zero attached hydrogens (tertiary/aromatic N) is 4. The Morgan fingerprint density at radius 1 is 1.28 bits per heavy atom. The zero-order chi connectivity index (χ0) is 18.4. The maximum Gasteiger partial charge on any atom is 0.326 e. The SMILES string of the molecule is Cc1nnnn1C(Cc1ccccc1)C(=O)NC(CC(F)F)C(=O)O. The highest BCUT2D eigenvalue weighted by Crippen LogP contribution is 2.16. The van der Waals surface area contributed by atoms with Gasteiger partial charge in [0.05, 0.1) is 0 Å². The summed E-state index contributed by atoms with van der Waals surface area (Å²) in [6.07, 6.45) is -3.66. The van der Waals surface area contributed by atoms with E-state index in [2.05, 4.69) is 20.8 Å². The standard InChI is InChI=1S/C15H17F2N5O3/c1-9-19-20-21-22(9)12(7-10-5-3-2-4-6-10)14(23)18-11(15(24)25)8-13(16)17/h2-6,11-13H,7-8H2,1H3,(H,18,23)(H,24,25). The second-order valence-corrected chi connectivity index (χ2v) is 5.40. The van der Waals surface area contributed by atoms with Crippen molar-refractivity contribution in [2.45, 2.75) is 38.3 Å². The van der Waals surface area contributed by atoms with E-state index in [0.717, 1.165) is 5.56 Å². The molecule has 0 saturated carbocycles. The molecule has 2 rings (SSSR count). The number of carbonyl (C=O) groups is 2. The average Bonchev–Trinajstić information content (AvgIpc) is 2.98. The second kappa shape index (κ2) is 8.27. The molecule has 0 radical (unpaired) electrons. The Labute approximate surface area is 141 Å². The maximum atomic E-state index is 12.6. The van der Waals surface area contributed by atoms with Gasteiger partial charge >= 0.3 is 5.97 Å². The normalized spacial score (nSPS) is 13.4. The largest absolute Gasteiger partial charge is 0.480 e. The average molecular weight is 353 g/mol. The third kappa shape index (κ3) is 5.03. The monoisotopic (exact) mass is 353 g/mol. The molecule has 1 amide bonds. The molecule has 0 saturated heterocycles. The summed E-state index contributed by atoms with van der Waals surface area (Å²) in [6, 6.07) is 6.30. The first-order valence-corrected chi connectivity index (χ1v) is 7.48. The third-order valence-corrected chi connectivity index (χ3v) is 3.56. The molecule has 1 heterocycles. The number of carboxylic acid groups (broad SMARTS) is 1. The van der Waals surface area contributed by atoms with Gasteiger partial charge in [-0.1, -0.05) is 30.3 Å². The Balaban J connectivity index is 2.23. The van der Waals surface area contributed by atoms with Gasteiger partial charge < -0.3 is 10.4 Å². The number of benzene rings is 1. The first kappa shape index (κ1) is 18.4. The van der Waals surface area contributed by atoms with Gasteiger partial charge in [-0.25, -0.2) is 18.3 Å². The number of tetrazole rings is 1. The summed E-state index contributed by atoms with van der Waals surface area (Å²) in [4.78, 5) is 23.7. The van der Waals surface area contributed by atoms with Crippen LogP contribution in [0.25, 0.3) is 0 Å². The van der Waals surface area contributed by atoms with Crippen LogP contribution in [0.1, 0.15) is 23.9 Å². The Kier molecular flexibility index (Phi) is 6.09. The highest BCUT2D eigenvalue weighted by molar-refractivity contribution is 5.86. The molecular formula is C15H17F2N5O3. The lowest BCUT2D eigenvalue weighted by Gasteiger charge is -2.20. The van der Waals surface area contributed by atoms with Gasteiger partial charge in [-0.15, -0.1) is 5.10 Å². The zero-order valence-electron chi connectivity index (χ0n) is 13.3. The first-order chi connectivity index (χ1) is 11.9. The number of aliphatic carboxylic acids is 1. The van der Waals surface area contributed by atoms with Crippen LogP contribution in [0, 0.1) is 6.92 Å². The van der Waals surface area contributed by atoms with E-state index in [1.807, 2.05) is 6.07 Å². The van der Waals surface area contributed by atoms with Gasteiger partial charge in [0, 0.05) is 12.8 Å². The van der Waals surface area contributed by atoms with Gasteiger partial charge in [0.1, 0.15) is 17.9 Å². The molecule has 1 aromatic carbocycles. The molecule has 0 bridgehead atoms. The maximum absolute atomic E-state index is 12.6. The highest BCUT2D eigenvalue weighted by Gasteiger charge is 2.30. The van der Waals surface area contributed by atoms with Crippen molar-refractivity contribution in [2.75, 3.05) is 0 Å². The number of halogens is 2. The number of aromatic nitrogens is 4. The van der Waals surface area contributed by atoms with Crippen LogP contribution in [-0.2, 0) is 16.0 Å². The van der Waals surface area contributed by atoms with Crippen LogP contribution in [0.4, 0.5) is 8.78 Å². The van der Waals surface area contributed by atoms with Gasteiger partial charge in [-0.3, -0.25) is 4.79 Å². The topological polar surface area (TPSA) is 110 Å². The predicted molar refractivity (Wildman–Crippen MR) is 81.9 cm³/mol. The van der Waals surface area contributed by atoms with Gasteiger partial charge in [0.25, 0.3) is 0 Å². The minimum Gasteiger partial charge on any atom is -0.480 e. The Morgan fingerprint density at radius 3 is 2.48 bits per heavy atom. The fraction of sp³-hybridized carbons (Fsp3) is 0.400. The molecule has 2 aromatic rings. The number of carboxylic acids is 1. The van der Waals surface area contributed by atoms with E-state index in [4.69, 9.17) is 5.11 Å². The number of carbonyl (C=O) groups excluding carboxylic acids is 1. The lowest BCUT2D eigenvalue weighted by Crippen LogP contribution is -2.46. The van der Waals surface area contributed by atoms with Crippen LogP contribution >= 0.6 is 0 Å². The third-order valence-electron chi connectivity index (χ3n) is 3.56. The number of rotatable bonds is 8. The Morgan fingerprint density at radius 2 is 1.96 bits per heavy atom. The van der Waals surface area contributed by atoms with Gasteiger partial charge in [0.15, 0.2) is 0 Å². The van der Waals surface area contributed by atoms with Crippen LogP contribution in [0.15, 0.2) is 30.3 Å². The van der Waals surface area contributed by atoms with Gasteiger partial charge in [0.2, 0.25) is 12.3 Å². The molecule has 0 aliphatic rings. The molecule has 8 nitrogen and oxygen atoms in total. The van der Waals surface area contributed by atoms with Crippen molar-refractivity contribution >= 4 is 11.9 Å². The molecule has 0 aliphatic heterocycles. The van der Waals surface area contributed by atoms with Crippen LogP contribution in [0.5, 0.6) is 0 Å².